The summed E-state index contributed by atoms with van der Waals surface area (Å²) in [7, 11) is 0. The van der Waals surface area contributed by atoms with Crippen molar-refractivity contribution < 1.29 is 9.59 Å². The van der Waals surface area contributed by atoms with Gasteiger partial charge in [0.15, 0.2) is 0 Å². The van der Waals surface area contributed by atoms with Crippen LogP contribution in [0.3, 0.4) is 0 Å². The first-order valence-corrected chi connectivity index (χ1v) is 10.5. The summed E-state index contributed by atoms with van der Waals surface area (Å²) >= 11 is 0. The molecule has 1 aromatic rings. The van der Waals surface area contributed by atoms with Gasteiger partial charge in [-0.05, 0) is 57.2 Å². The third kappa shape index (κ3) is 6.56. The zero-order valence-electron chi connectivity index (χ0n) is 17.1. The molecule has 5 nitrogen and oxygen atoms in total. The standard InChI is InChI=1S/C22H35N3O2/c1-4-6-8-11-21(26)24-18-12-13-20(25-14-9-7-10-15-25)19(16-18)22(27)23-17(3)5-2/h12-13,16-17H,4-11,14-15H2,1-3H3,(H,23,27)(H,24,26)/t17-/m0/s1. The van der Waals surface area contributed by atoms with Gasteiger partial charge in [0.1, 0.15) is 0 Å². The van der Waals surface area contributed by atoms with Crippen LogP contribution < -0.4 is 15.5 Å². The highest BCUT2D eigenvalue weighted by Crippen LogP contribution is 2.27. The highest BCUT2D eigenvalue weighted by Gasteiger charge is 2.20. The summed E-state index contributed by atoms with van der Waals surface area (Å²) in [5.74, 6) is -0.0468. The molecule has 1 aliphatic rings. The molecule has 1 aliphatic heterocycles. The molecule has 2 amide bonds. The van der Waals surface area contributed by atoms with E-state index in [2.05, 4.69) is 29.4 Å². The number of unbranched alkanes of at least 4 members (excludes halogenated alkanes) is 2. The van der Waals surface area contributed by atoms with E-state index in [0.29, 0.717) is 17.7 Å². The Kier molecular flexibility index (Phi) is 8.62. The highest BCUT2D eigenvalue weighted by molar-refractivity contribution is 6.02. The van der Waals surface area contributed by atoms with Crippen molar-refractivity contribution in [2.75, 3.05) is 23.3 Å². The fourth-order valence-electron chi connectivity index (χ4n) is 3.37. The lowest BCUT2D eigenvalue weighted by Gasteiger charge is -2.31. The number of carbonyl (C=O) groups excluding carboxylic acids is 2. The van der Waals surface area contributed by atoms with Gasteiger partial charge in [-0.3, -0.25) is 9.59 Å². The summed E-state index contributed by atoms with van der Waals surface area (Å²) in [5.41, 5.74) is 2.33. The Balaban J connectivity index is 2.18. The number of hydrogen-bond acceptors (Lipinski definition) is 3. The smallest absolute Gasteiger partial charge is 0.253 e. The maximum Gasteiger partial charge on any atom is 0.253 e. The Hall–Kier alpha value is -2.04. The molecule has 0 radical (unpaired) electrons. The minimum absolute atomic E-state index is 0.0162. The quantitative estimate of drug-likeness (QED) is 0.616. The van der Waals surface area contributed by atoms with Gasteiger partial charge < -0.3 is 15.5 Å². The van der Waals surface area contributed by atoms with Gasteiger partial charge in [-0.25, -0.2) is 0 Å². The van der Waals surface area contributed by atoms with Crippen LogP contribution in [0.15, 0.2) is 18.2 Å². The normalized spacial score (nSPS) is 15.3. The second kappa shape index (κ2) is 11.0. The Morgan fingerprint density at radius 3 is 2.52 bits per heavy atom. The number of nitrogens with one attached hydrogen (secondary N) is 2. The van der Waals surface area contributed by atoms with Crippen molar-refractivity contribution >= 4 is 23.2 Å². The summed E-state index contributed by atoms with van der Waals surface area (Å²) in [5, 5.41) is 6.03. The largest absolute Gasteiger partial charge is 0.371 e. The summed E-state index contributed by atoms with van der Waals surface area (Å²) in [6.45, 7) is 8.15. The van der Waals surface area contributed by atoms with Gasteiger partial charge in [0.25, 0.3) is 5.91 Å². The molecule has 0 unspecified atom stereocenters. The first-order valence-electron chi connectivity index (χ1n) is 10.5. The molecule has 0 aliphatic carbocycles. The van der Waals surface area contributed by atoms with Crippen molar-refractivity contribution in [3.8, 4) is 0 Å². The van der Waals surface area contributed by atoms with Crippen LogP contribution in [0.25, 0.3) is 0 Å². The van der Waals surface area contributed by atoms with E-state index in [-0.39, 0.29) is 17.9 Å². The van der Waals surface area contributed by atoms with Crippen LogP contribution in [0.1, 0.15) is 82.5 Å². The van der Waals surface area contributed by atoms with E-state index in [1.807, 2.05) is 25.1 Å². The molecule has 5 heteroatoms. The van der Waals surface area contributed by atoms with Gasteiger partial charge in [0.2, 0.25) is 5.91 Å². The Morgan fingerprint density at radius 1 is 1.11 bits per heavy atom. The van der Waals surface area contributed by atoms with E-state index >= 15 is 0 Å². The molecule has 1 atom stereocenters. The molecular weight excluding hydrogens is 338 g/mol. The minimum atomic E-state index is -0.0630. The van der Waals surface area contributed by atoms with E-state index in [9.17, 15) is 9.59 Å². The highest BCUT2D eigenvalue weighted by atomic mass is 16.2. The fourth-order valence-corrected chi connectivity index (χ4v) is 3.37. The average Bonchev–Trinajstić information content (AvgIpc) is 2.68. The van der Waals surface area contributed by atoms with Gasteiger partial charge in [-0.15, -0.1) is 0 Å². The average molecular weight is 374 g/mol. The van der Waals surface area contributed by atoms with E-state index in [1.54, 1.807) is 0 Å². The number of anilines is 2. The van der Waals surface area contributed by atoms with Gasteiger partial charge in [-0.1, -0.05) is 26.7 Å². The lowest BCUT2D eigenvalue weighted by molar-refractivity contribution is -0.116. The van der Waals surface area contributed by atoms with Crippen LogP contribution in [0.5, 0.6) is 0 Å². The molecule has 0 aromatic heterocycles. The number of hydrogen-bond donors (Lipinski definition) is 2. The van der Waals surface area contributed by atoms with Crippen molar-refractivity contribution in [1.82, 2.24) is 5.32 Å². The maximum absolute atomic E-state index is 12.9. The fraction of sp³-hybridized carbons (Fsp3) is 0.636. The van der Waals surface area contributed by atoms with Gasteiger partial charge >= 0.3 is 0 Å². The first-order chi connectivity index (χ1) is 13.0. The van der Waals surface area contributed by atoms with Crippen molar-refractivity contribution in [1.29, 1.82) is 0 Å². The minimum Gasteiger partial charge on any atom is -0.371 e. The second-order valence-corrected chi connectivity index (χ2v) is 7.57. The molecule has 2 N–H and O–H groups in total. The zero-order valence-corrected chi connectivity index (χ0v) is 17.1. The number of piperidine rings is 1. The van der Waals surface area contributed by atoms with Gasteiger partial charge in [0.05, 0.1) is 5.56 Å². The molecule has 1 saturated heterocycles. The predicted molar refractivity (Wildman–Crippen MR) is 112 cm³/mol. The van der Waals surface area contributed by atoms with E-state index in [1.165, 1.54) is 6.42 Å². The molecule has 0 spiro atoms. The molecule has 27 heavy (non-hydrogen) atoms. The molecule has 0 bridgehead atoms. The van der Waals surface area contributed by atoms with Gasteiger partial charge in [-0.2, -0.15) is 0 Å². The molecular formula is C22H35N3O2. The molecule has 1 fully saturated rings. The van der Waals surface area contributed by atoms with E-state index < -0.39 is 0 Å². The van der Waals surface area contributed by atoms with Crippen molar-refractivity contribution in [2.45, 2.75) is 78.2 Å². The maximum atomic E-state index is 12.9. The van der Waals surface area contributed by atoms with E-state index in [4.69, 9.17) is 0 Å². The topological polar surface area (TPSA) is 61.4 Å². The number of rotatable bonds is 9. The van der Waals surface area contributed by atoms with E-state index in [0.717, 1.165) is 57.3 Å². The Bertz CT molecular complexity index is 624. The first kappa shape index (κ1) is 21.3. The molecule has 150 valence electrons. The summed E-state index contributed by atoms with van der Waals surface area (Å²) < 4.78 is 0. The number of nitrogens with zero attached hydrogens (tertiary/aromatic N) is 1. The van der Waals surface area contributed by atoms with Crippen molar-refractivity contribution in [2.24, 2.45) is 0 Å². The predicted octanol–water partition coefficient (Wildman–Crippen LogP) is 4.72. The van der Waals surface area contributed by atoms with Crippen LogP contribution in [-0.4, -0.2) is 30.9 Å². The number of carbonyl (C=O) groups is 2. The van der Waals surface area contributed by atoms with Crippen LogP contribution in [0.2, 0.25) is 0 Å². The Labute approximate surface area is 163 Å². The van der Waals surface area contributed by atoms with Crippen LogP contribution >= 0.6 is 0 Å². The monoisotopic (exact) mass is 373 g/mol. The zero-order chi connectivity index (χ0) is 19.6. The van der Waals surface area contributed by atoms with Crippen LogP contribution in [-0.2, 0) is 4.79 Å². The third-order valence-corrected chi connectivity index (χ3v) is 5.22. The summed E-state index contributed by atoms with van der Waals surface area (Å²) in [4.78, 5) is 27.3. The summed E-state index contributed by atoms with van der Waals surface area (Å²) in [6, 6.07) is 5.86. The molecule has 0 saturated carbocycles. The Morgan fingerprint density at radius 2 is 1.85 bits per heavy atom. The lowest BCUT2D eigenvalue weighted by Crippen LogP contribution is -2.35. The van der Waals surface area contributed by atoms with Crippen LogP contribution in [0, 0.1) is 0 Å². The second-order valence-electron chi connectivity index (χ2n) is 7.57. The summed E-state index contributed by atoms with van der Waals surface area (Å²) in [6.07, 6.45) is 8.02. The van der Waals surface area contributed by atoms with Crippen molar-refractivity contribution in [3.05, 3.63) is 23.8 Å². The third-order valence-electron chi connectivity index (χ3n) is 5.22. The number of benzene rings is 1. The lowest BCUT2D eigenvalue weighted by atomic mass is 10.0. The molecule has 1 heterocycles. The molecule has 1 aromatic carbocycles. The number of amides is 2. The van der Waals surface area contributed by atoms with Crippen molar-refractivity contribution in [3.63, 3.8) is 0 Å². The van der Waals surface area contributed by atoms with Crippen LogP contribution in [0.4, 0.5) is 11.4 Å². The van der Waals surface area contributed by atoms with Gasteiger partial charge in [0, 0.05) is 36.9 Å². The molecule has 2 rings (SSSR count). The SMILES string of the molecule is CCCCCC(=O)Nc1ccc(N2CCCCC2)c(C(=O)N[C@@H](C)CC)c1.